The molecule has 0 radical (unpaired) electrons. The van der Waals surface area contributed by atoms with Crippen LogP contribution in [0.4, 0.5) is 0 Å². The summed E-state index contributed by atoms with van der Waals surface area (Å²) in [5.41, 5.74) is 0. The van der Waals surface area contributed by atoms with Crippen LogP contribution in [0, 0.1) is 0 Å². The molecule has 8 rings (SSSR count). The monoisotopic (exact) mass is 1360 g/mol. The fraction of sp³-hybridized carbons (Fsp3) is 0.962. The van der Waals surface area contributed by atoms with Gasteiger partial charge in [0, 0.05) is 13.8 Å². The summed E-state index contributed by atoms with van der Waals surface area (Å²) in [6.07, 6.45) is -73.7. The minimum absolute atomic E-state index is 0.850. The number of aliphatic hydroxyl groups is 22. The van der Waals surface area contributed by atoms with Gasteiger partial charge in [-0.1, -0.05) is 0 Å². The van der Waals surface area contributed by atoms with Crippen molar-refractivity contribution in [1.82, 2.24) is 10.6 Å². The van der Waals surface area contributed by atoms with E-state index in [-0.39, 0.29) is 0 Å². The van der Waals surface area contributed by atoms with Gasteiger partial charge in [0.1, 0.15) is 183 Å². The summed E-state index contributed by atoms with van der Waals surface area (Å²) < 4.78 is 87.7. The molecule has 0 saturated carbocycles. The van der Waals surface area contributed by atoms with E-state index in [1.54, 1.807) is 0 Å². The zero-order chi connectivity index (χ0) is 68.5. The molecule has 2 amide bonds. The Morgan fingerprint density at radius 3 is 1.13 bits per heavy atom. The summed E-state index contributed by atoms with van der Waals surface area (Å²) in [6.45, 7) is -1.42. The Kier molecular flexibility index (Phi) is 26.7. The first-order valence-electron chi connectivity index (χ1n) is 29.8. The second kappa shape index (κ2) is 32.6. The van der Waals surface area contributed by atoms with Crippen LogP contribution in [0.25, 0.3) is 0 Å². The van der Waals surface area contributed by atoms with Gasteiger partial charge in [0.15, 0.2) is 50.3 Å². The highest BCUT2D eigenvalue weighted by atomic mass is 16.8. The Bertz CT molecular complexity index is 2350. The highest BCUT2D eigenvalue weighted by Gasteiger charge is 2.59. The van der Waals surface area contributed by atoms with E-state index in [0.29, 0.717) is 0 Å². The Labute approximate surface area is 527 Å². The first kappa shape index (κ1) is 76.2. The number of amides is 2. The van der Waals surface area contributed by atoms with Gasteiger partial charge >= 0.3 is 0 Å². The van der Waals surface area contributed by atoms with Crippen molar-refractivity contribution in [2.24, 2.45) is 0 Å². The van der Waals surface area contributed by atoms with Crippen LogP contribution in [0.5, 0.6) is 0 Å². The van der Waals surface area contributed by atoms with Crippen molar-refractivity contribution in [3.05, 3.63) is 0 Å². The molecule has 0 aromatic rings. The van der Waals surface area contributed by atoms with Crippen LogP contribution >= 0.6 is 0 Å². The van der Waals surface area contributed by atoms with Gasteiger partial charge < -0.3 is 194 Å². The Hall–Kier alpha value is -2.54. The van der Waals surface area contributed by atoms with Gasteiger partial charge in [-0.05, 0) is 13.8 Å². The van der Waals surface area contributed by atoms with Crippen LogP contribution in [0.2, 0.25) is 0 Å². The first-order chi connectivity index (χ1) is 43.9. The number of ether oxygens (including phenoxy) is 15. The fourth-order valence-corrected chi connectivity index (χ4v) is 12.0. The van der Waals surface area contributed by atoms with Gasteiger partial charge in [-0.25, -0.2) is 0 Å². The molecule has 0 unspecified atom stereocenters. The quantitative estimate of drug-likeness (QED) is 0.0479. The zero-order valence-corrected chi connectivity index (χ0v) is 50.1. The molecule has 93 heavy (non-hydrogen) atoms. The standard InChI is InChI=1S/C52H88N2O39/c1-11-23(61)30(68)34(72)47(81-11)80-10-20-41(42(22(45(78)83-20)54-14(4)60)91-49-35(73)31(69)24(62)12(2)82-49)90-46-21(53-13(3)59)29(67)40(18(8-58)87-46)89-52-39(77)44(93-51-37(75)33(71)26(64)16(6-56)86-51)28(66)19(88-52)9-79-48-38(76)43(27(65)17(7-57)84-48)92-50-36(74)32(70)25(63)15(5-55)85-50/h11-12,15-52,55-58,61-78H,5-10H2,1-4H3,(H,53,59)(H,54,60)/t11-,12-,15+,16+,17+,18+,19+,20+,21+,22+,23+,24+,25+,26+,27+,28+,29+,30+,31+,32-,33-,34-,35-,36-,37-,38-,39-,40+,41+,42+,43-,44-,45+,46-,47+,48-,49-,50+,51+,52-/m0/s1. The summed E-state index contributed by atoms with van der Waals surface area (Å²) in [5.74, 6) is -1.79. The van der Waals surface area contributed by atoms with Crippen molar-refractivity contribution < 1.29 is 193 Å². The minimum atomic E-state index is -2.38. The molecule has 41 heteroatoms. The van der Waals surface area contributed by atoms with E-state index in [1.807, 2.05) is 0 Å². The lowest BCUT2D eigenvalue weighted by atomic mass is 9.93. The van der Waals surface area contributed by atoms with Gasteiger partial charge in [-0.2, -0.15) is 0 Å². The van der Waals surface area contributed by atoms with Crippen LogP contribution < -0.4 is 10.6 Å². The molecule has 8 saturated heterocycles. The third-order valence-electron chi connectivity index (χ3n) is 17.3. The second-order valence-electron chi connectivity index (χ2n) is 23.9. The Balaban J connectivity index is 1.10. The van der Waals surface area contributed by atoms with Crippen molar-refractivity contribution >= 4 is 11.8 Å². The molecule has 540 valence electrons. The molecule has 41 nitrogen and oxygen atoms in total. The second-order valence-corrected chi connectivity index (χ2v) is 23.9. The maximum atomic E-state index is 13.2. The van der Waals surface area contributed by atoms with Crippen LogP contribution in [-0.4, -0.2) is 409 Å². The highest BCUT2D eigenvalue weighted by Crippen LogP contribution is 2.38. The van der Waals surface area contributed by atoms with Crippen molar-refractivity contribution in [3.63, 3.8) is 0 Å². The molecule has 0 aromatic heterocycles. The van der Waals surface area contributed by atoms with E-state index in [1.165, 1.54) is 13.8 Å². The average Bonchev–Trinajstić information content (AvgIpc) is 0.773. The van der Waals surface area contributed by atoms with E-state index < -0.39 is 297 Å². The summed E-state index contributed by atoms with van der Waals surface area (Å²) >= 11 is 0. The fourth-order valence-electron chi connectivity index (χ4n) is 12.0. The van der Waals surface area contributed by atoms with Gasteiger partial charge in [-0.15, -0.1) is 0 Å². The highest BCUT2D eigenvalue weighted by molar-refractivity contribution is 5.73. The van der Waals surface area contributed by atoms with Gasteiger partial charge in [0.05, 0.1) is 51.8 Å². The Morgan fingerprint density at radius 1 is 0.301 bits per heavy atom. The lowest BCUT2D eigenvalue weighted by Crippen LogP contribution is -2.71. The van der Waals surface area contributed by atoms with Crippen LogP contribution in [0.1, 0.15) is 27.7 Å². The lowest BCUT2D eigenvalue weighted by molar-refractivity contribution is -0.389. The molecule has 0 aromatic carbocycles. The SMILES string of the molecule is CC(=O)N[C@@H]1[C@@H](O[C@@H]2O[C@@H](C)[C@@H](O)[C@@H](O)[C@@H]2O)[C@H](O[C@@H]2O[C@H](CO)[C@@H](O[C@@H]3O[C@H](CO[C@H]4O[C@H](CO)[C@@H](O)[C@H](O[C@H]5O[C@H](CO)[C@@H](O)[C@H](O)[C@@H]5O)[C@@H]4O)[C@@H](O)[C@H](O[C@H]4O[C@H](CO)[C@@H](O)[C@H](O)[C@@H]4O)[C@@H]3O)[C@H](O)[C@H]2NC(C)=O)[C@@H](CO[C@@H]2O[C@@H](C)[C@@H](O)[C@@H](O)[C@@H]2O)O[C@H]1O. The molecule has 8 aliphatic rings. The van der Waals surface area contributed by atoms with Gasteiger partial charge in [0.2, 0.25) is 11.8 Å². The predicted octanol–water partition coefficient (Wildman–Crippen LogP) is -16.1. The first-order valence-corrected chi connectivity index (χ1v) is 29.8. The molecule has 0 spiro atoms. The predicted molar refractivity (Wildman–Crippen MR) is 285 cm³/mol. The maximum Gasteiger partial charge on any atom is 0.217 e. The normalized spacial score (nSPS) is 51.6. The zero-order valence-electron chi connectivity index (χ0n) is 50.1. The summed E-state index contributed by atoms with van der Waals surface area (Å²) in [6, 6.07) is -3.73. The summed E-state index contributed by atoms with van der Waals surface area (Å²) in [4.78, 5) is 26.0. The van der Waals surface area contributed by atoms with Crippen LogP contribution in [0.3, 0.4) is 0 Å². The smallest absolute Gasteiger partial charge is 0.217 e. The third-order valence-corrected chi connectivity index (χ3v) is 17.3. The molecular weight excluding hydrogens is 1280 g/mol. The number of hydrogen-bond donors (Lipinski definition) is 24. The third kappa shape index (κ3) is 16.5. The van der Waals surface area contributed by atoms with Crippen LogP contribution in [0.15, 0.2) is 0 Å². The van der Waals surface area contributed by atoms with Crippen molar-refractivity contribution in [1.29, 1.82) is 0 Å². The minimum Gasteiger partial charge on any atom is -0.394 e. The molecule has 0 aliphatic carbocycles. The van der Waals surface area contributed by atoms with E-state index in [9.17, 15) is 122 Å². The number of carbonyl (C=O) groups is 2. The Morgan fingerprint density at radius 2 is 0.634 bits per heavy atom. The molecule has 8 aliphatic heterocycles. The molecule has 8 heterocycles. The lowest BCUT2D eigenvalue weighted by Gasteiger charge is -2.51. The van der Waals surface area contributed by atoms with Crippen molar-refractivity contribution in [3.8, 4) is 0 Å². The molecular formula is C52H88N2O39. The van der Waals surface area contributed by atoms with E-state index in [2.05, 4.69) is 10.6 Å². The van der Waals surface area contributed by atoms with E-state index >= 15 is 0 Å². The molecule has 8 fully saturated rings. The largest absolute Gasteiger partial charge is 0.394 e. The summed E-state index contributed by atoms with van der Waals surface area (Å²) in [5, 5.41) is 244. The summed E-state index contributed by atoms with van der Waals surface area (Å²) in [7, 11) is 0. The number of hydrogen-bond acceptors (Lipinski definition) is 39. The van der Waals surface area contributed by atoms with Gasteiger partial charge in [-0.3, -0.25) is 9.59 Å². The number of nitrogens with one attached hydrogen (secondary N) is 2. The van der Waals surface area contributed by atoms with Gasteiger partial charge in [0.25, 0.3) is 0 Å². The molecule has 0 bridgehead atoms. The average molecular weight is 1370 g/mol. The topological polar surface area (TPSA) is 642 Å². The number of aliphatic hydroxyl groups excluding tert-OH is 22. The van der Waals surface area contributed by atoms with E-state index in [0.717, 1.165) is 13.8 Å². The van der Waals surface area contributed by atoms with Crippen molar-refractivity contribution in [2.75, 3.05) is 39.6 Å². The van der Waals surface area contributed by atoms with Crippen LogP contribution in [-0.2, 0) is 80.6 Å². The number of carbonyl (C=O) groups excluding carboxylic acids is 2. The maximum absolute atomic E-state index is 13.2. The molecule has 24 N–H and O–H groups in total. The molecule has 40 atom stereocenters. The van der Waals surface area contributed by atoms with E-state index in [4.69, 9.17) is 71.1 Å². The van der Waals surface area contributed by atoms with Crippen molar-refractivity contribution in [2.45, 2.75) is 273 Å². The number of rotatable bonds is 22.